The maximum atomic E-state index is 12.6. The summed E-state index contributed by atoms with van der Waals surface area (Å²) in [4.78, 5) is 29.4. The first kappa shape index (κ1) is 17.5. The minimum Gasteiger partial charge on any atom is -0.314 e. The van der Waals surface area contributed by atoms with Crippen molar-refractivity contribution >= 4 is 16.9 Å². The van der Waals surface area contributed by atoms with Crippen LogP contribution in [0.1, 0.15) is 45.2 Å². The van der Waals surface area contributed by atoms with Gasteiger partial charge in [0.15, 0.2) is 11.2 Å². The van der Waals surface area contributed by atoms with Crippen LogP contribution < -0.4 is 11.2 Å². The van der Waals surface area contributed by atoms with Crippen molar-refractivity contribution in [1.29, 1.82) is 0 Å². The Morgan fingerprint density at radius 3 is 2.52 bits per heavy atom. The molecule has 3 aromatic heterocycles. The second-order valence-electron chi connectivity index (χ2n) is 6.96. The van der Waals surface area contributed by atoms with E-state index in [1.165, 1.54) is 30.9 Å². The molecule has 0 N–H and O–H groups in total. The van der Waals surface area contributed by atoms with Gasteiger partial charge in [0.1, 0.15) is 0 Å². The van der Waals surface area contributed by atoms with E-state index in [1.807, 2.05) is 17.5 Å². The van der Waals surface area contributed by atoms with Crippen LogP contribution in [0.5, 0.6) is 0 Å². The van der Waals surface area contributed by atoms with E-state index < -0.39 is 0 Å². The van der Waals surface area contributed by atoms with Gasteiger partial charge in [-0.3, -0.25) is 18.3 Å². The molecule has 1 atom stereocenters. The summed E-state index contributed by atoms with van der Waals surface area (Å²) in [6, 6.07) is 0. The maximum Gasteiger partial charge on any atom is 0.332 e. The summed E-state index contributed by atoms with van der Waals surface area (Å²) in [6.07, 6.45) is 6.67. The van der Waals surface area contributed by atoms with E-state index in [0.717, 1.165) is 29.0 Å². The van der Waals surface area contributed by atoms with Gasteiger partial charge in [-0.25, -0.2) is 4.79 Å². The third-order valence-electron chi connectivity index (χ3n) is 5.24. The summed E-state index contributed by atoms with van der Waals surface area (Å²) in [5.41, 5.74) is 1.33. The molecule has 0 bridgehead atoms. The lowest BCUT2D eigenvalue weighted by molar-refractivity contribution is 0.392. The number of imidazole rings is 2. The summed E-state index contributed by atoms with van der Waals surface area (Å²) in [6.45, 7) is 7.36. The molecule has 0 spiro atoms. The molecular formula is C18H27N5O2. The fourth-order valence-electron chi connectivity index (χ4n) is 3.53. The SMILES string of the molecule is CCCCC(CC)Cn1c(C)cn2c3c(=O)n(C)c(=O)n(C)c3nc12. The molecule has 0 aliphatic rings. The van der Waals surface area contributed by atoms with Gasteiger partial charge in [-0.2, -0.15) is 4.98 Å². The molecule has 3 heterocycles. The third kappa shape index (κ3) is 2.71. The Morgan fingerprint density at radius 1 is 1.16 bits per heavy atom. The van der Waals surface area contributed by atoms with Crippen LogP contribution >= 0.6 is 0 Å². The second kappa shape index (κ2) is 6.54. The fraction of sp³-hybridized carbons (Fsp3) is 0.611. The van der Waals surface area contributed by atoms with Gasteiger partial charge in [0.2, 0.25) is 5.78 Å². The van der Waals surface area contributed by atoms with Gasteiger partial charge in [-0.05, 0) is 19.3 Å². The van der Waals surface area contributed by atoms with Crippen LogP contribution in [0, 0.1) is 12.8 Å². The quantitative estimate of drug-likeness (QED) is 0.688. The van der Waals surface area contributed by atoms with E-state index >= 15 is 0 Å². The fourth-order valence-corrected chi connectivity index (χ4v) is 3.53. The van der Waals surface area contributed by atoms with Gasteiger partial charge in [0, 0.05) is 32.5 Å². The van der Waals surface area contributed by atoms with Crippen molar-refractivity contribution < 1.29 is 0 Å². The monoisotopic (exact) mass is 345 g/mol. The van der Waals surface area contributed by atoms with Crippen LogP contribution in [0.15, 0.2) is 15.8 Å². The number of hydrogen-bond donors (Lipinski definition) is 0. The van der Waals surface area contributed by atoms with Gasteiger partial charge < -0.3 is 4.57 Å². The van der Waals surface area contributed by atoms with Crippen LogP contribution in [0.2, 0.25) is 0 Å². The molecular weight excluding hydrogens is 318 g/mol. The van der Waals surface area contributed by atoms with Crippen molar-refractivity contribution in [3.8, 4) is 0 Å². The molecule has 7 nitrogen and oxygen atoms in total. The van der Waals surface area contributed by atoms with E-state index in [2.05, 4.69) is 23.4 Å². The molecule has 0 aliphatic heterocycles. The molecule has 0 aromatic carbocycles. The maximum absolute atomic E-state index is 12.6. The number of hydrogen-bond acceptors (Lipinski definition) is 3. The highest BCUT2D eigenvalue weighted by Crippen LogP contribution is 2.21. The van der Waals surface area contributed by atoms with Gasteiger partial charge >= 0.3 is 5.69 Å². The first-order chi connectivity index (χ1) is 11.9. The Labute approximate surface area is 146 Å². The summed E-state index contributed by atoms with van der Waals surface area (Å²) in [5, 5.41) is 0. The second-order valence-corrected chi connectivity index (χ2v) is 6.96. The van der Waals surface area contributed by atoms with Crippen LogP contribution in [-0.4, -0.2) is 23.1 Å². The average Bonchev–Trinajstić information content (AvgIpc) is 3.10. The molecule has 0 fully saturated rings. The molecule has 0 saturated carbocycles. The van der Waals surface area contributed by atoms with E-state index in [4.69, 9.17) is 0 Å². The Morgan fingerprint density at radius 2 is 1.88 bits per heavy atom. The predicted molar refractivity (Wildman–Crippen MR) is 99.2 cm³/mol. The Hall–Kier alpha value is -2.31. The molecule has 3 rings (SSSR count). The van der Waals surface area contributed by atoms with Crippen molar-refractivity contribution in [2.75, 3.05) is 0 Å². The molecule has 25 heavy (non-hydrogen) atoms. The number of aryl methyl sites for hydroxylation is 2. The molecule has 0 saturated heterocycles. The highest BCUT2D eigenvalue weighted by atomic mass is 16.2. The van der Waals surface area contributed by atoms with Crippen LogP contribution in [-0.2, 0) is 20.6 Å². The highest BCUT2D eigenvalue weighted by Gasteiger charge is 2.20. The third-order valence-corrected chi connectivity index (χ3v) is 5.24. The first-order valence-electron chi connectivity index (χ1n) is 9.04. The molecule has 0 radical (unpaired) electrons. The largest absolute Gasteiger partial charge is 0.332 e. The Kier molecular flexibility index (Phi) is 4.58. The summed E-state index contributed by atoms with van der Waals surface area (Å²) < 4.78 is 6.59. The van der Waals surface area contributed by atoms with Gasteiger partial charge in [0.25, 0.3) is 5.56 Å². The molecule has 0 amide bonds. The average molecular weight is 345 g/mol. The van der Waals surface area contributed by atoms with Crippen molar-refractivity contribution in [1.82, 2.24) is 23.1 Å². The number of aromatic nitrogens is 5. The topological polar surface area (TPSA) is 66.2 Å². The molecule has 3 aromatic rings. The van der Waals surface area contributed by atoms with Crippen molar-refractivity contribution in [2.45, 2.75) is 53.0 Å². The number of nitrogens with zero attached hydrogens (tertiary/aromatic N) is 5. The molecule has 7 heteroatoms. The number of fused-ring (bicyclic) bond motifs is 3. The van der Waals surface area contributed by atoms with Crippen LogP contribution in [0.25, 0.3) is 16.9 Å². The van der Waals surface area contributed by atoms with E-state index in [-0.39, 0.29) is 11.2 Å². The van der Waals surface area contributed by atoms with Crippen molar-refractivity contribution in [2.24, 2.45) is 20.0 Å². The highest BCUT2D eigenvalue weighted by molar-refractivity contribution is 5.75. The lowest BCUT2D eigenvalue weighted by atomic mass is 9.99. The smallest absolute Gasteiger partial charge is 0.314 e. The summed E-state index contributed by atoms with van der Waals surface area (Å²) in [7, 11) is 3.16. The van der Waals surface area contributed by atoms with Gasteiger partial charge in [-0.15, -0.1) is 0 Å². The zero-order chi connectivity index (χ0) is 18.3. The van der Waals surface area contributed by atoms with E-state index in [9.17, 15) is 9.59 Å². The summed E-state index contributed by atoms with van der Waals surface area (Å²) in [5.74, 6) is 1.32. The normalized spacial score (nSPS) is 13.2. The van der Waals surface area contributed by atoms with Gasteiger partial charge in [-0.1, -0.05) is 33.1 Å². The minimum absolute atomic E-state index is 0.305. The summed E-state index contributed by atoms with van der Waals surface area (Å²) >= 11 is 0. The molecule has 1 unspecified atom stereocenters. The van der Waals surface area contributed by atoms with Crippen molar-refractivity contribution in [3.63, 3.8) is 0 Å². The zero-order valence-corrected chi connectivity index (χ0v) is 15.7. The number of rotatable bonds is 6. The van der Waals surface area contributed by atoms with Gasteiger partial charge in [0.05, 0.1) is 0 Å². The Bertz CT molecular complexity index is 1030. The van der Waals surface area contributed by atoms with Crippen LogP contribution in [0.4, 0.5) is 0 Å². The first-order valence-corrected chi connectivity index (χ1v) is 9.04. The van der Waals surface area contributed by atoms with E-state index in [0.29, 0.717) is 17.1 Å². The van der Waals surface area contributed by atoms with Crippen LogP contribution in [0.3, 0.4) is 0 Å². The predicted octanol–water partition coefficient (Wildman–Crippen LogP) is 2.21. The van der Waals surface area contributed by atoms with Crippen molar-refractivity contribution in [3.05, 3.63) is 32.7 Å². The standard InChI is InChI=1S/C18H27N5O2/c1-6-8-9-13(7-2)11-22-12(3)10-23-14-15(19-17(22)23)20(4)18(25)21(5)16(14)24/h10,13H,6-9,11H2,1-5H3. The lowest BCUT2D eigenvalue weighted by Crippen LogP contribution is -2.37. The number of unbranched alkanes of at least 4 members (excludes halogenated alkanes) is 1. The molecule has 0 aliphatic carbocycles. The van der Waals surface area contributed by atoms with E-state index in [1.54, 1.807) is 7.05 Å². The minimum atomic E-state index is -0.351. The zero-order valence-electron chi connectivity index (χ0n) is 15.7. The lowest BCUT2D eigenvalue weighted by Gasteiger charge is -2.16. The Balaban J connectivity index is 2.20. The molecule has 136 valence electrons.